The number of anilines is 1. The molecule has 0 aliphatic carbocycles. The van der Waals surface area contributed by atoms with Gasteiger partial charge in [-0.3, -0.25) is 4.79 Å². The van der Waals surface area contributed by atoms with Crippen LogP contribution in [0.5, 0.6) is 0 Å². The number of aromatic nitrogens is 4. The third-order valence-corrected chi connectivity index (χ3v) is 4.49. The Morgan fingerprint density at radius 3 is 2.96 bits per heavy atom. The fourth-order valence-electron chi connectivity index (χ4n) is 3.35. The Hall–Kier alpha value is -3.16. The molecule has 0 radical (unpaired) electrons. The van der Waals surface area contributed by atoms with Crippen molar-refractivity contribution in [3.05, 3.63) is 48.6 Å². The fourth-order valence-corrected chi connectivity index (χ4v) is 3.35. The average Bonchev–Trinajstić information content (AvgIpc) is 3.32. The van der Waals surface area contributed by atoms with Crippen molar-refractivity contribution in [1.82, 2.24) is 19.7 Å². The molecule has 26 heavy (non-hydrogen) atoms. The summed E-state index contributed by atoms with van der Waals surface area (Å²) < 4.78 is 6.84. The lowest BCUT2D eigenvalue weighted by Gasteiger charge is -2.33. The van der Waals surface area contributed by atoms with Gasteiger partial charge in [-0.1, -0.05) is 6.07 Å². The van der Waals surface area contributed by atoms with Gasteiger partial charge in [0.05, 0.1) is 6.26 Å². The molecule has 134 valence electrons. The monoisotopic (exact) mass is 353 g/mol. The highest BCUT2D eigenvalue weighted by atomic mass is 16.4. The summed E-state index contributed by atoms with van der Waals surface area (Å²) in [6.45, 7) is 1.43. The molecule has 0 saturated carbocycles. The summed E-state index contributed by atoms with van der Waals surface area (Å²) in [6.07, 6.45) is 5.24. The number of hydrogen-bond acceptors (Lipinski definition) is 6. The van der Waals surface area contributed by atoms with Gasteiger partial charge in [0.2, 0.25) is 5.82 Å². The lowest BCUT2D eigenvalue weighted by molar-refractivity contribution is -0.137. The Morgan fingerprint density at radius 1 is 1.31 bits per heavy atom. The first-order chi connectivity index (χ1) is 12.7. The van der Waals surface area contributed by atoms with Crippen LogP contribution in [-0.4, -0.2) is 43.9 Å². The molecule has 8 heteroatoms. The van der Waals surface area contributed by atoms with E-state index in [9.17, 15) is 9.90 Å². The van der Waals surface area contributed by atoms with Crippen molar-refractivity contribution in [3.63, 3.8) is 0 Å². The number of nitrogens with zero attached hydrogens (tertiary/aromatic N) is 5. The predicted molar refractivity (Wildman–Crippen MR) is 93.8 cm³/mol. The molecule has 1 saturated heterocycles. The second-order valence-corrected chi connectivity index (χ2v) is 6.30. The maximum absolute atomic E-state index is 11.3. The summed E-state index contributed by atoms with van der Waals surface area (Å²) >= 11 is 0. The third kappa shape index (κ3) is 3.30. The van der Waals surface area contributed by atoms with Crippen molar-refractivity contribution >= 4 is 11.8 Å². The number of furan rings is 1. The van der Waals surface area contributed by atoms with E-state index in [1.807, 2.05) is 18.2 Å². The molecule has 8 nitrogen and oxygen atoms in total. The summed E-state index contributed by atoms with van der Waals surface area (Å²) in [4.78, 5) is 22.5. The number of aliphatic carboxylic acids is 1. The highest BCUT2D eigenvalue weighted by molar-refractivity contribution is 5.66. The fraction of sp³-hybridized carbons (Fsp3) is 0.333. The van der Waals surface area contributed by atoms with Gasteiger partial charge in [0.15, 0.2) is 5.76 Å². The molecule has 1 aliphatic rings. The second kappa shape index (κ2) is 6.99. The first-order valence-electron chi connectivity index (χ1n) is 8.57. The normalized spacial score (nSPS) is 17.4. The molecule has 0 bridgehead atoms. The summed E-state index contributed by atoms with van der Waals surface area (Å²) in [7, 11) is 0. The number of pyridine rings is 1. The molecule has 1 aliphatic heterocycles. The number of carbonyl (C=O) groups is 1. The van der Waals surface area contributed by atoms with Gasteiger partial charge in [0.1, 0.15) is 18.2 Å². The zero-order chi connectivity index (χ0) is 17.9. The molecule has 0 spiro atoms. The molecule has 1 fully saturated rings. The third-order valence-electron chi connectivity index (χ3n) is 4.49. The van der Waals surface area contributed by atoms with E-state index in [4.69, 9.17) is 4.42 Å². The van der Waals surface area contributed by atoms with Crippen LogP contribution in [0, 0.1) is 0 Å². The molecule has 1 N–H and O–H groups in total. The Balaban J connectivity index is 1.64. The number of piperidine rings is 1. The maximum atomic E-state index is 11.3. The van der Waals surface area contributed by atoms with E-state index in [-0.39, 0.29) is 12.5 Å². The lowest BCUT2D eigenvalue weighted by Crippen LogP contribution is -2.36. The molecule has 4 rings (SSSR count). The van der Waals surface area contributed by atoms with Gasteiger partial charge in [-0.2, -0.15) is 0 Å². The standard InChI is InChI=1S/C18H19N5O3/c24-16(25)12-23-18(20-17(21-23)14-6-4-10-26-14)13-5-3-9-22(11-13)15-7-1-2-8-19-15/h1-2,4,6-8,10,13H,3,5,9,11-12H2,(H,24,25). The highest BCUT2D eigenvalue weighted by Gasteiger charge is 2.28. The summed E-state index contributed by atoms with van der Waals surface area (Å²) in [5.41, 5.74) is 0. The molecular weight excluding hydrogens is 334 g/mol. The molecule has 0 aromatic carbocycles. The SMILES string of the molecule is O=C(O)Cn1nc(-c2ccco2)nc1C1CCCN(c2ccccn2)C1. The second-order valence-electron chi connectivity index (χ2n) is 6.30. The van der Waals surface area contributed by atoms with Crippen LogP contribution in [0.25, 0.3) is 11.6 Å². The van der Waals surface area contributed by atoms with Gasteiger partial charge >= 0.3 is 5.97 Å². The van der Waals surface area contributed by atoms with E-state index in [0.717, 1.165) is 31.7 Å². The van der Waals surface area contributed by atoms with Crippen LogP contribution in [0.2, 0.25) is 0 Å². The number of carboxylic acid groups (broad SMARTS) is 1. The Bertz CT molecular complexity index is 876. The minimum Gasteiger partial charge on any atom is -0.480 e. The van der Waals surface area contributed by atoms with Crippen LogP contribution >= 0.6 is 0 Å². The molecule has 1 unspecified atom stereocenters. The van der Waals surface area contributed by atoms with Crippen LogP contribution in [-0.2, 0) is 11.3 Å². The zero-order valence-electron chi connectivity index (χ0n) is 14.2. The Morgan fingerprint density at radius 2 is 2.23 bits per heavy atom. The van der Waals surface area contributed by atoms with Crippen molar-refractivity contribution in [1.29, 1.82) is 0 Å². The molecule has 3 aromatic heterocycles. The van der Waals surface area contributed by atoms with E-state index >= 15 is 0 Å². The quantitative estimate of drug-likeness (QED) is 0.752. The van der Waals surface area contributed by atoms with Crippen LogP contribution in [0.1, 0.15) is 24.6 Å². The summed E-state index contributed by atoms with van der Waals surface area (Å²) in [5.74, 6) is 1.70. The number of rotatable bonds is 5. The van der Waals surface area contributed by atoms with Crippen molar-refractivity contribution in [2.75, 3.05) is 18.0 Å². The van der Waals surface area contributed by atoms with E-state index in [1.54, 1.807) is 24.6 Å². The molecule has 1 atom stereocenters. The average molecular weight is 353 g/mol. The van der Waals surface area contributed by atoms with Gasteiger partial charge in [0.25, 0.3) is 0 Å². The van der Waals surface area contributed by atoms with Gasteiger partial charge in [-0.05, 0) is 37.1 Å². The largest absolute Gasteiger partial charge is 0.480 e. The van der Waals surface area contributed by atoms with Crippen LogP contribution in [0.4, 0.5) is 5.82 Å². The van der Waals surface area contributed by atoms with Crippen molar-refractivity contribution in [3.8, 4) is 11.6 Å². The van der Waals surface area contributed by atoms with Gasteiger partial charge in [-0.25, -0.2) is 14.6 Å². The van der Waals surface area contributed by atoms with Crippen LogP contribution in [0.15, 0.2) is 47.2 Å². The lowest BCUT2D eigenvalue weighted by atomic mass is 9.97. The topological polar surface area (TPSA) is 97.3 Å². The van der Waals surface area contributed by atoms with Crippen molar-refractivity contribution < 1.29 is 14.3 Å². The zero-order valence-corrected chi connectivity index (χ0v) is 14.2. The van der Waals surface area contributed by atoms with Gasteiger partial charge < -0.3 is 14.4 Å². The maximum Gasteiger partial charge on any atom is 0.325 e. The molecule has 0 amide bonds. The van der Waals surface area contributed by atoms with Crippen LogP contribution in [0.3, 0.4) is 0 Å². The molecule has 4 heterocycles. The van der Waals surface area contributed by atoms with E-state index in [1.165, 1.54) is 4.68 Å². The number of hydrogen-bond donors (Lipinski definition) is 1. The minimum atomic E-state index is -0.945. The summed E-state index contributed by atoms with van der Waals surface area (Å²) in [5, 5.41) is 13.6. The molecule has 3 aromatic rings. The van der Waals surface area contributed by atoms with Crippen molar-refractivity contribution in [2.45, 2.75) is 25.3 Å². The Labute approximate surface area is 150 Å². The Kier molecular flexibility index (Phi) is 4.39. The minimum absolute atomic E-state index is 0.0846. The van der Waals surface area contributed by atoms with E-state index < -0.39 is 5.97 Å². The smallest absolute Gasteiger partial charge is 0.325 e. The van der Waals surface area contributed by atoms with Crippen molar-refractivity contribution in [2.24, 2.45) is 0 Å². The van der Waals surface area contributed by atoms with Crippen LogP contribution < -0.4 is 4.90 Å². The first-order valence-corrected chi connectivity index (χ1v) is 8.57. The van der Waals surface area contributed by atoms with Gasteiger partial charge in [-0.15, -0.1) is 5.10 Å². The number of carboxylic acids is 1. The molecular formula is C18H19N5O3. The van der Waals surface area contributed by atoms with Gasteiger partial charge in [0, 0.05) is 25.2 Å². The first kappa shape index (κ1) is 16.3. The highest BCUT2D eigenvalue weighted by Crippen LogP contribution is 2.29. The predicted octanol–water partition coefficient (Wildman–Crippen LogP) is 2.40. The van der Waals surface area contributed by atoms with E-state index in [2.05, 4.69) is 20.0 Å². The summed E-state index contributed by atoms with van der Waals surface area (Å²) in [6, 6.07) is 9.37. The van der Waals surface area contributed by atoms with E-state index in [0.29, 0.717) is 17.4 Å².